The molecule has 0 aliphatic heterocycles. The summed E-state index contributed by atoms with van der Waals surface area (Å²) in [6.07, 6.45) is -0.281. The monoisotopic (exact) mass is 335 g/mol. The van der Waals surface area contributed by atoms with Crippen molar-refractivity contribution >= 4 is 23.7 Å². The van der Waals surface area contributed by atoms with E-state index in [1.165, 1.54) is 14.0 Å². The van der Waals surface area contributed by atoms with E-state index in [2.05, 4.69) is 20.7 Å². The van der Waals surface area contributed by atoms with Crippen molar-refractivity contribution in [3.63, 3.8) is 0 Å². The lowest BCUT2D eigenvalue weighted by atomic mass is 10.1. The Bertz CT molecular complexity index is 589. The molecule has 0 aliphatic rings. The average Bonchev–Trinajstić information content (AvgIpc) is 2.57. The predicted molar refractivity (Wildman–Crippen MR) is 85.5 cm³/mol. The number of hydrogen-bond acceptors (Lipinski definition) is 5. The van der Waals surface area contributed by atoms with Crippen LogP contribution in [-0.2, 0) is 30.5 Å². The highest BCUT2D eigenvalue weighted by Crippen LogP contribution is 1.99. The van der Waals surface area contributed by atoms with Gasteiger partial charge in [0.25, 0.3) is 0 Å². The Morgan fingerprint density at radius 3 is 2.33 bits per heavy atom. The largest absolute Gasteiger partial charge is 0.468 e. The van der Waals surface area contributed by atoms with Crippen LogP contribution in [0.2, 0.25) is 0 Å². The zero-order chi connectivity index (χ0) is 17.9. The van der Waals surface area contributed by atoms with Crippen LogP contribution >= 0.6 is 0 Å². The second-order valence-electron chi connectivity index (χ2n) is 5.01. The molecule has 1 aromatic carbocycles. The molecule has 0 bridgehead atoms. The van der Waals surface area contributed by atoms with E-state index in [9.17, 15) is 19.2 Å². The van der Waals surface area contributed by atoms with Gasteiger partial charge in [-0.15, -0.1) is 0 Å². The van der Waals surface area contributed by atoms with Crippen LogP contribution in [-0.4, -0.2) is 43.4 Å². The van der Waals surface area contributed by atoms with Gasteiger partial charge in [-0.3, -0.25) is 19.2 Å². The van der Waals surface area contributed by atoms with E-state index in [-0.39, 0.29) is 19.5 Å². The van der Waals surface area contributed by atoms with Crippen LogP contribution in [0.4, 0.5) is 0 Å². The molecule has 3 amide bonds. The molecule has 3 N–H and O–H groups in total. The summed E-state index contributed by atoms with van der Waals surface area (Å²) in [5.41, 5.74) is 0.891. The minimum atomic E-state index is -1.02. The molecule has 0 saturated heterocycles. The Labute approximate surface area is 139 Å². The van der Waals surface area contributed by atoms with E-state index < -0.39 is 29.7 Å². The first kappa shape index (κ1) is 19.1. The minimum Gasteiger partial charge on any atom is -0.468 e. The molecule has 0 spiro atoms. The highest BCUT2D eigenvalue weighted by Gasteiger charge is 2.22. The number of carbonyl (C=O) groups excluding carboxylic acids is 4. The number of nitrogens with one attached hydrogen (secondary N) is 3. The van der Waals surface area contributed by atoms with Gasteiger partial charge in [-0.2, -0.15) is 0 Å². The lowest BCUT2D eigenvalue weighted by Gasteiger charge is -2.17. The van der Waals surface area contributed by atoms with Crippen LogP contribution in [0.3, 0.4) is 0 Å². The molecule has 1 rings (SSSR count). The standard InChI is InChI=1S/C16H21N3O5/c1-11(20)19-13(8-14(21)17-10-15(22)24-2)16(23)18-9-12-6-4-3-5-7-12/h3-7,13H,8-10H2,1-2H3,(H,17,21)(H,18,23)(H,19,20). The Balaban J connectivity index is 2.56. The molecule has 8 heteroatoms. The second kappa shape index (κ2) is 9.98. The number of hydrogen-bond donors (Lipinski definition) is 3. The molecule has 0 fully saturated rings. The molecule has 130 valence electrons. The fourth-order valence-electron chi connectivity index (χ4n) is 1.86. The molecule has 1 unspecified atom stereocenters. The third-order valence-electron chi connectivity index (χ3n) is 3.05. The topological polar surface area (TPSA) is 114 Å². The SMILES string of the molecule is COC(=O)CNC(=O)CC(NC(C)=O)C(=O)NCc1ccccc1. The summed E-state index contributed by atoms with van der Waals surface area (Å²) in [7, 11) is 1.20. The van der Waals surface area contributed by atoms with Gasteiger partial charge in [-0.1, -0.05) is 30.3 Å². The van der Waals surface area contributed by atoms with Crippen LogP contribution in [0.5, 0.6) is 0 Å². The molecule has 1 aromatic rings. The van der Waals surface area contributed by atoms with Gasteiger partial charge >= 0.3 is 5.97 Å². The maximum atomic E-state index is 12.2. The van der Waals surface area contributed by atoms with Gasteiger partial charge in [0, 0.05) is 13.5 Å². The summed E-state index contributed by atoms with van der Waals surface area (Å²) in [6.45, 7) is 1.23. The molecular weight excluding hydrogens is 314 g/mol. The van der Waals surface area contributed by atoms with Crippen LogP contribution < -0.4 is 16.0 Å². The number of methoxy groups -OCH3 is 1. The van der Waals surface area contributed by atoms with Gasteiger partial charge in [0.1, 0.15) is 12.6 Å². The smallest absolute Gasteiger partial charge is 0.325 e. The summed E-state index contributed by atoms with van der Waals surface area (Å²) >= 11 is 0. The fraction of sp³-hybridized carbons (Fsp3) is 0.375. The number of ether oxygens (including phenoxy) is 1. The molecular formula is C16H21N3O5. The number of rotatable bonds is 8. The summed E-state index contributed by atoms with van der Waals surface area (Å²) in [5, 5.41) is 7.40. The number of amides is 3. The van der Waals surface area contributed by atoms with Crippen molar-refractivity contribution in [1.82, 2.24) is 16.0 Å². The first-order valence-corrected chi connectivity index (χ1v) is 7.34. The van der Waals surface area contributed by atoms with Gasteiger partial charge in [-0.05, 0) is 5.56 Å². The highest BCUT2D eigenvalue weighted by molar-refractivity contribution is 5.92. The van der Waals surface area contributed by atoms with Gasteiger partial charge < -0.3 is 20.7 Å². The zero-order valence-electron chi connectivity index (χ0n) is 13.6. The molecule has 24 heavy (non-hydrogen) atoms. The van der Waals surface area contributed by atoms with Crippen molar-refractivity contribution in [3.8, 4) is 0 Å². The summed E-state index contributed by atoms with van der Waals surface area (Å²) < 4.78 is 4.40. The van der Waals surface area contributed by atoms with E-state index in [0.717, 1.165) is 5.56 Å². The number of benzene rings is 1. The van der Waals surface area contributed by atoms with Crippen LogP contribution in [0.15, 0.2) is 30.3 Å². The summed E-state index contributed by atoms with van der Waals surface area (Å²) in [5.74, 6) is -2.07. The van der Waals surface area contributed by atoms with Crippen molar-refractivity contribution in [2.45, 2.75) is 25.9 Å². The van der Waals surface area contributed by atoms with Gasteiger partial charge in [0.05, 0.1) is 13.5 Å². The maximum absolute atomic E-state index is 12.2. The van der Waals surface area contributed by atoms with Gasteiger partial charge in [-0.25, -0.2) is 0 Å². The van der Waals surface area contributed by atoms with Crippen LogP contribution in [0, 0.1) is 0 Å². The van der Waals surface area contributed by atoms with Crippen molar-refractivity contribution in [1.29, 1.82) is 0 Å². The first-order chi connectivity index (χ1) is 11.4. The zero-order valence-corrected chi connectivity index (χ0v) is 13.6. The molecule has 0 radical (unpaired) electrons. The third kappa shape index (κ3) is 7.39. The molecule has 8 nitrogen and oxygen atoms in total. The van der Waals surface area contributed by atoms with Crippen molar-refractivity contribution in [2.75, 3.05) is 13.7 Å². The van der Waals surface area contributed by atoms with E-state index in [1.54, 1.807) is 0 Å². The maximum Gasteiger partial charge on any atom is 0.325 e. The van der Waals surface area contributed by atoms with E-state index in [4.69, 9.17) is 0 Å². The van der Waals surface area contributed by atoms with Crippen molar-refractivity contribution in [2.24, 2.45) is 0 Å². The second-order valence-corrected chi connectivity index (χ2v) is 5.01. The Morgan fingerprint density at radius 1 is 1.08 bits per heavy atom. The fourth-order valence-corrected chi connectivity index (χ4v) is 1.86. The molecule has 1 atom stereocenters. The predicted octanol–water partition coefficient (Wildman–Crippen LogP) is -0.513. The van der Waals surface area contributed by atoms with E-state index in [0.29, 0.717) is 0 Å². The van der Waals surface area contributed by atoms with Crippen molar-refractivity contribution in [3.05, 3.63) is 35.9 Å². The number of carbonyl (C=O) groups is 4. The molecule has 0 saturated carbocycles. The average molecular weight is 335 g/mol. The lowest BCUT2D eigenvalue weighted by molar-refractivity contribution is -0.141. The lowest BCUT2D eigenvalue weighted by Crippen LogP contribution is -2.48. The Kier molecular flexibility index (Phi) is 7.97. The summed E-state index contributed by atoms with van der Waals surface area (Å²) in [4.78, 5) is 46.2. The normalized spacial score (nSPS) is 11.1. The van der Waals surface area contributed by atoms with Crippen LogP contribution in [0.1, 0.15) is 18.9 Å². The number of esters is 1. The van der Waals surface area contributed by atoms with Crippen molar-refractivity contribution < 1.29 is 23.9 Å². The molecule has 0 aliphatic carbocycles. The van der Waals surface area contributed by atoms with Gasteiger partial charge in [0.2, 0.25) is 17.7 Å². The van der Waals surface area contributed by atoms with Gasteiger partial charge in [0.15, 0.2) is 0 Å². The van der Waals surface area contributed by atoms with E-state index >= 15 is 0 Å². The minimum absolute atomic E-state index is 0.277. The Morgan fingerprint density at radius 2 is 1.75 bits per heavy atom. The Hall–Kier alpha value is -2.90. The summed E-state index contributed by atoms with van der Waals surface area (Å²) in [6, 6.07) is 8.20. The first-order valence-electron chi connectivity index (χ1n) is 7.34. The van der Waals surface area contributed by atoms with Crippen LogP contribution in [0.25, 0.3) is 0 Å². The highest BCUT2D eigenvalue weighted by atomic mass is 16.5. The molecule has 0 aromatic heterocycles. The van der Waals surface area contributed by atoms with E-state index in [1.807, 2.05) is 30.3 Å². The third-order valence-corrected chi connectivity index (χ3v) is 3.05. The quantitative estimate of drug-likeness (QED) is 0.554. The molecule has 0 heterocycles.